The maximum Gasteiger partial charge on any atom is 0.184 e. The van der Waals surface area contributed by atoms with E-state index >= 15 is 0 Å². The van der Waals surface area contributed by atoms with Gasteiger partial charge in [0.05, 0.1) is 6.54 Å². The zero-order valence-electron chi connectivity index (χ0n) is 12.5. The van der Waals surface area contributed by atoms with E-state index in [1.807, 2.05) is 24.3 Å². The predicted molar refractivity (Wildman–Crippen MR) is 88.7 cm³/mol. The number of carbonyl (C=O) groups is 1. The van der Waals surface area contributed by atoms with E-state index in [1.165, 1.54) is 5.57 Å². The van der Waals surface area contributed by atoms with Crippen molar-refractivity contribution in [1.29, 1.82) is 0 Å². The molecular weight excluding hydrogens is 272 g/mol. The highest BCUT2D eigenvalue weighted by Crippen LogP contribution is 2.34. The first kappa shape index (κ1) is 13.4. The summed E-state index contributed by atoms with van der Waals surface area (Å²) < 4.78 is 0. The van der Waals surface area contributed by atoms with Gasteiger partial charge in [0.2, 0.25) is 0 Å². The van der Waals surface area contributed by atoms with Gasteiger partial charge in [0.25, 0.3) is 0 Å². The Labute approximate surface area is 130 Å². The normalized spacial score (nSPS) is 26.0. The highest BCUT2D eigenvalue weighted by atomic mass is 16.1. The Morgan fingerprint density at radius 2 is 2.00 bits per heavy atom. The number of allylic oxidation sites excluding steroid dienone is 1. The van der Waals surface area contributed by atoms with Crippen LogP contribution in [0.15, 0.2) is 63.1 Å². The Balaban J connectivity index is 1.72. The van der Waals surface area contributed by atoms with Crippen molar-refractivity contribution >= 4 is 17.7 Å². The molecule has 0 aromatic heterocycles. The molecule has 0 bridgehead atoms. The lowest BCUT2D eigenvalue weighted by Gasteiger charge is -2.22. The second kappa shape index (κ2) is 5.48. The van der Waals surface area contributed by atoms with Crippen LogP contribution < -0.4 is 0 Å². The summed E-state index contributed by atoms with van der Waals surface area (Å²) in [5.41, 5.74) is 5.56. The summed E-state index contributed by atoms with van der Waals surface area (Å²) in [5.74, 6) is 0.190. The number of hydrogen-bond donors (Lipinski definition) is 0. The molecule has 3 nitrogen and oxygen atoms in total. The Hall–Kier alpha value is -2.29. The number of aliphatic imine (C=N–C) groups is 2. The highest BCUT2D eigenvalue weighted by molar-refractivity contribution is 6.16. The van der Waals surface area contributed by atoms with Gasteiger partial charge in [0.15, 0.2) is 5.78 Å². The fourth-order valence-corrected chi connectivity index (χ4v) is 3.52. The molecule has 1 aromatic rings. The molecule has 0 saturated heterocycles. The molecule has 0 fully saturated rings. The Morgan fingerprint density at radius 3 is 2.86 bits per heavy atom. The minimum atomic E-state index is -0.303. The van der Waals surface area contributed by atoms with Crippen molar-refractivity contribution in [3.8, 4) is 0 Å². The van der Waals surface area contributed by atoms with Gasteiger partial charge in [-0.05, 0) is 36.5 Å². The fraction of sp³-hybridized carbons (Fsp3) is 0.316. The number of ketones is 1. The second-order valence-corrected chi connectivity index (χ2v) is 6.03. The van der Waals surface area contributed by atoms with Crippen LogP contribution in [0.5, 0.6) is 0 Å². The second-order valence-electron chi connectivity index (χ2n) is 6.03. The van der Waals surface area contributed by atoms with E-state index < -0.39 is 0 Å². The van der Waals surface area contributed by atoms with Crippen molar-refractivity contribution in [2.24, 2.45) is 9.98 Å². The van der Waals surface area contributed by atoms with Crippen molar-refractivity contribution in [2.75, 3.05) is 6.54 Å². The zero-order valence-corrected chi connectivity index (χ0v) is 12.5. The topological polar surface area (TPSA) is 41.8 Å². The minimum Gasteiger partial charge on any atom is -0.292 e. The third-order valence-corrected chi connectivity index (χ3v) is 4.61. The number of benzene rings is 1. The Morgan fingerprint density at radius 1 is 1.14 bits per heavy atom. The van der Waals surface area contributed by atoms with Crippen LogP contribution in [0.2, 0.25) is 0 Å². The van der Waals surface area contributed by atoms with Crippen molar-refractivity contribution in [1.82, 2.24) is 0 Å². The standard InChI is InChI=1S/C19H18N2O/c22-19-15-7-4-8-16-18(15)14(12-21-16)9-10-20-17(19)11-13-5-2-1-3-6-13/h1-3,5-6,9-10,17H,4,7-8,11-12H2/b14-9-,20-10?. The Bertz CT molecular complexity index is 738. The van der Waals surface area contributed by atoms with Crippen LogP contribution >= 0.6 is 0 Å². The maximum atomic E-state index is 13.0. The van der Waals surface area contributed by atoms with E-state index in [2.05, 4.69) is 22.1 Å². The molecule has 0 N–H and O–H groups in total. The number of Topliss-reactive ketones (excluding diaryl/α,β-unsaturated/α-hetero) is 1. The summed E-state index contributed by atoms with van der Waals surface area (Å²) in [6, 6.07) is 9.83. The molecule has 0 amide bonds. The van der Waals surface area contributed by atoms with Gasteiger partial charge in [-0.3, -0.25) is 14.8 Å². The van der Waals surface area contributed by atoms with E-state index in [1.54, 1.807) is 6.21 Å². The summed E-state index contributed by atoms with van der Waals surface area (Å²) in [4.78, 5) is 22.1. The van der Waals surface area contributed by atoms with Crippen LogP contribution in [0.4, 0.5) is 0 Å². The first-order valence-electron chi connectivity index (χ1n) is 7.90. The largest absolute Gasteiger partial charge is 0.292 e. The first-order valence-corrected chi connectivity index (χ1v) is 7.90. The molecule has 3 aliphatic rings. The van der Waals surface area contributed by atoms with Gasteiger partial charge >= 0.3 is 0 Å². The molecule has 1 aliphatic carbocycles. The van der Waals surface area contributed by atoms with Gasteiger partial charge in [-0.1, -0.05) is 30.3 Å². The summed E-state index contributed by atoms with van der Waals surface area (Å²) in [6.45, 7) is 0.705. The first-order chi connectivity index (χ1) is 10.8. The average Bonchev–Trinajstić information content (AvgIpc) is 2.96. The van der Waals surface area contributed by atoms with Gasteiger partial charge in [-0.2, -0.15) is 0 Å². The SMILES string of the molecule is O=C1C2=C3C(=NC/C3=C/C=NC1Cc1ccccc1)CCC2. The maximum absolute atomic E-state index is 13.0. The van der Waals surface area contributed by atoms with Gasteiger partial charge < -0.3 is 0 Å². The molecule has 2 heterocycles. The molecule has 110 valence electrons. The van der Waals surface area contributed by atoms with E-state index in [0.717, 1.165) is 41.7 Å². The third-order valence-electron chi connectivity index (χ3n) is 4.61. The van der Waals surface area contributed by atoms with E-state index in [9.17, 15) is 4.79 Å². The molecule has 2 aliphatic heterocycles. The van der Waals surface area contributed by atoms with E-state index in [4.69, 9.17) is 0 Å². The van der Waals surface area contributed by atoms with E-state index in [0.29, 0.717) is 13.0 Å². The quantitative estimate of drug-likeness (QED) is 0.825. The molecule has 0 spiro atoms. The van der Waals surface area contributed by atoms with E-state index in [-0.39, 0.29) is 11.8 Å². The molecule has 22 heavy (non-hydrogen) atoms. The average molecular weight is 290 g/mol. The summed E-state index contributed by atoms with van der Waals surface area (Å²) >= 11 is 0. The number of rotatable bonds is 2. The Kier molecular flexibility index (Phi) is 3.34. The molecule has 1 unspecified atom stereocenters. The van der Waals surface area contributed by atoms with Crippen molar-refractivity contribution in [2.45, 2.75) is 31.7 Å². The molecule has 3 heteroatoms. The molecular formula is C19H18N2O. The fourth-order valence-electron chi connectivity index (χ4n) is 3.52. The van der Waals surface area contributed by atoms with Gasteiger partial charge in [0, 0.05) is 29.5 Å². The lowest BCUT2D eigenvalue weighted by Crippen LogP contribution is -2.28. The zero-order chi connectivity index (χ0) is 14.9. The molecule has 4 rings (SSSR count). The van der Waals surface area contributed by atoms with Crippen LogP contribution in [0.1, 0.15) is 24.8 Å². The van der Waals surface area contributed by atoms with Gasteiger partial charge in [-0.15, -0.1) is 0 Å². The van der Waals surface area contributed by atoms with Gasteiger partial charge in [-0.25, -0.2) is 0 Å². The molecule has 0 saturated carbocycles. The van der Waals surface area contributed by atoms with Crippen molar-refractivity contribution < 1.29 is 4.79 Å². The van der Waals surface area contributed by atoms with Crippen LogP contribution in [0.25, 0.3) is 0 Å². The summed E-state index contributed by atoms with van der Waals surface area (Å²) in [6.07, 6.45) is 7.41. The number of nitrogens with zero attached hydrogens (tertiary/aromatic N) is 2. The van der Waals surface area contributed by atoms with Crippen molar-refractivity contribution in [3.05, 3.63) is 58.7 Å². The van der Waals surface area contributed by atoms with Crippen LogP contribution in [0.3, 0.4) is 0 Å². The van der Waals surface area contributed by atoms with Crippen molar-refractivity contribution in [3.63, 3.8) is 0 Å². The molecule has 1 aromatic carbocycles. The summed E-state index contributed by atoms with van der Waals surface area (Å²) in [7, 11) is 0. The highest BCUT2D eigenvalue weighted by Gasteiger charge is 2.32. The summed E-state index contributed by atoms with van der Waals surface area (Å²) in [5, 5.41) is 0. The lowest BCUT2D eigenvalue weighted by atomic mass is 9.82. The third kappa shape index (κ3) is 2.27. The lowest BCUT2D eigenvalue weighted by molar-refractivity contribution is -0.116. The molecule has 1 atom stereocenters. The van der Waals surface area contributed by atoms with Crippen LogP contribution in [-0.2, 0) is 11.2 Å². The smallest absolute Gasteiger partial charge is 0.184 e. The molecule has 0 radical (unpaired) electrons. The van der Waals surface area contributed by atoms with Crippen LogP contribution in [-0.4, -0.2) is 30.3 Å². The monoisotopic (exact) mass is 290 g/mol. The van der Waals surface area contributed by atoms with Crippen LogP contribution in [0, 0.1) is 0 Å². The minimum absolute atomic E-state index is 0.190. The predicted octanol–water partition coefficient (Wildman–Crippen LogP) is 3.11. The van der Waals surface area contributed by atoms with Gasteiger partial charge in [0.1, 0.15) is 6.04 Å². The number of carbonyl (C=O) groups excluding carboxylic acids is 1. The number of hydrogen-bond acceptors (Lipinski definition) is 3.